The Balaban J connectivity index is 1.56. The van der Waals surface area contributed by atoms with Crippen molar-refractivity contribution in [3.8, 4) is 11.5 Å². The van der Waals surface area contributed by atoms with Crippen LogP contribution in [0.25, 0.3) is 21.7 Å². The van der Waals surface area contributed by atoms with E-state index in [9.17, 15) is 4.79 Å². The highest BCUT2D eigenvalue weighted by Crippen LogP contribution is 2.24. The van der Waals surface area contributed by atoms with E-state index < -0.39 is 5.91 Å². The van der Waals surface area contributed by atoms with E-state index in [2.05, 4.69) is 30.4 Å². The molecule has 8 nitrogen and oxygen atoms in total. The van der Waals surface area contributed by atoms with Crippen LogP contribution in [0.4, 0.5) is 5.69 Å². The van der Waals surface area contributed by atoms with Crippen molar-refractivity contribution in [2.45, 2.75) is 6.92 Å². The van der Waals surface area contributed by atoms with Crippen molar-refractivity contribution >= 4 is 33.1 Å². The van der Waals surface area contributed by atoms with E-state index in [1.807, 2.05) is 13.0 Å². The van der Waals surface area contributed by atoms with Crippen molar-refractivity contribution in [1.82, 2.24) is 25.1 Å². The second-order valence-electron chi connectivity index (χ2n) is 4.88. The summed E-state index contributed by atoms with van der Waals surface area (Å²) < 4.78 is 6.05. The van der Waals surface area contributed by atoms with Gasteiger partial charge >= 0.3 is 11.8 Å². The summed E-state index contributed by atoms with van der Waals surface area (Å²) in [6.45, 7) is 1.94. The van der Waals surface area contributed by atoms with Gasteiger partial charge in [-0.1, -0.05) is 5.16 Å². The Morgan fingerprint density at radius 3 is 3.00 bits per heavy atom. The highest BCUT2D eigenvalue weighted by molar-refractivity contribution is 7.18. The topological polar surface area (TPSA) is 107 Å². The molecule has 1 aromatic carbocycles. The Kier molecular flexibility index (Phi) is 3.47. The number of aryl methyl sites for hydroxylation is 1. The monoisotopic (exact) mass is 338 g/mol. The first-order valence-electron chi connectivity index (χ1n) is 6.98. The molecule has 118 valence electrons. The molecule has 0 atom stereocenters. The second-order valence-corrected chi connectivity index (χ2v) is 6.12. The molecule has 9 heteroatoms. The largest absolute Gasteiger partial charge is 0.328 e. The van der Waals surface area contributed by atoms with Gasteiger partial charge < -0.3 is 9.84 Å². The van der Waals surface area contributed by atoms with Crippen LogP contribution < -0.4 is 5.32 Å². The van der Waals surface area contributed by atoms with Gasteiger partial charge in [0.15, 0.2) is 0 Å². The minimum atomic E-state index is -0.496. The van der Waals surface area contributed by atoms with Gasteiger partial charge in [-0.15, -0.1) is 11.3 Å². The number of rotatable bonds is 3. The summed E-state index contributed by atoms with van der Waals surface area (Å²) in [6.07, 6.45) is 4.54. The Morgan fingerprint density at radius 1 is 1.25 bits per heavy atom. The van der Waals surface area contributed by atoms with Crippen molar-refractivity contribution in [3.63, 3.8) is 0 Å². The first-order chi connectivity index (χ1) is 11.7. The third kappa shape index (κ3) is 2.72. The summed E-state index contributed by atoms with van der Waals surface area (Å²) in [6, 6.07) is 5.52. The Morgan fingerprint density at radius 2 is 2.17 bits per heavy atom. The van der Waals surface area contributed by atoms with Crippen LogP contribution in [0.3, 0.4) is 0 Å². The number of carbonyl (C=O) groups is 1. The first-order valence-corrected chi connectivity index (χ1v) is 7.79. The summed E-state index contributed by atoms with van der Waals surface area (Å²) in [5.41, 5.74) is 1.87. The van der Waals surface area contributed by atoms with Crippen molar-refractivity contribution in [2.24, 2.45) is 0 Å². The molecule has 4 rings (SSSR count). The van der Waals surface area contributed by atoms with Crippen molar-refractivity contribution in [2.75, 3.05) is 5.32 Å². The van der Waals surface area contributed by atoms with Crippen LogP contribution in [0.15, 0.2) is 41.3 Å². The number of thiazole rings is 1. The maximum absolute atomic E-state index is 12.2. The number of benzene rings is 1. The zero-order chi connectivity index (χ0) is 16.5. The lowest BCUT2D eigenvalue weighted by Gasteiger charge is -2.01. The van der Waals surface area contributed by atoms with Crippen LogP contribution in [-0.2, 0) is 0 Å². The number of fused-ring (bicyclic) bond motifs is 1. The molecule has 0 aliphatic carbocycles. The van der Waals surface area contributed by atoms with Gasteiger partial charge in [-0.2, -0.15) is 4.98 Å². The van der Waals surface area contributed by atoms with Crippen molar-refractivity contribution in [3.05, 3.63) is 47.7 Å². The summed E-state index contributed by atoms with van der Waals surface area (Å²) in [4.78, 5) is 28.7. The van der Waals surface area contributed by atoms with E-state index in [0.29, 0.717) is 11.4 Å². The third-order valence-corrected chi connectivity index (χ3v) is 4.12. The molecule has 4 aromatic rings. The first kappa shape index (κ1) is 14.4. The van der Waals surface area contributed by atoms with E-state index in [1.54, 1.807) is 23.5 Å². The predicted molar refractivity (Wildman–Crippen MR) is 87.6 cm³/mol. The van der Waals surface area contributed by atoms with E-state index in [1.165, 1.54) is 18.6 Å². The van der Waals surface area contributed by atoms with Crippen molar-refractivity contribution < 1.29 is 9.32 Å². The molecule has 1 N–H and O–H groups in total. The standard InChI is InChI=1S/C15H10N6O2S/c1-8-18-10-6-9(2-3-12(10)24-8)19-14(22)15-20-13(21-23-15)11-7-16-4-5-17-11/h2-7H,1H3,(H,19,22). The number of aromatic nitrogens is 5. The van der Waals surface area contributed by atoms with Gasteiger partial charge in [0.2, 0.25) is 5.82 Å². The molecule has 24 heavy (non-hydrogen) atoms. The highest BCUT2D eigenvalue weighted by atomic mass is 32.1. The molecule has 0 aliphatic heterocycles. The average Bonchev–Trinajstić information content (AvgIpc) is 3.21. The zero-order valence-corrected chi connectivity index (χ0v) is 13.2. The fourth-order valence-electron chi connectivity index (χ4n) is 2.14. The minimum Gasteiger partial charge on any atom is -0.328 e. The van der Waals surface area contributed by atoms with Gasteiger partial charge in [-0.25, -0.2) is 9.97 Å². The lowest BCUT2D eigenvalue weighted by molar-refractivity contribution is 0.0981. The van der Waals surface area contributed by atoms with Gasteiger partial charge in [0, 0.05) is 18.1 Å². The van der Waals surface area contributed by atoms with E-state index in [4.69, 9.17) is 4.52 Å². The van der Waals surface area contributed by atoms with Crippen LogP contribution in [-0.4, -0.2) is 31.0 Å². The molecule has 3 heterocycles. The van der Waals surface area contributed by atoms with Gasteiger partial charge in [0.25, 0.3) is 0 Å². The molecular formula is C15H10N6O2S. The fourth-order valence-corrected chi connectivity index (χ4v) is 2.95. The Hall–Kier alpha value is -3.20. The lowest BCUT2D eigenvalue weighted by Crippen LogP contribution is -2.12. The van der Waals surface area contributed by atoms with Gasteiger partial charge in [-0.05, 0) is 25.1 Å². The highest BCUT2D eigenvalue weighted by Gasteiger charge is 2.17. The summed E-state index contributed by atoms with van der Waals surface area (Å²) >= 11 is 1.60. The molecule has 0 unspecified atom stereocenters. The fraction of sp³-hybridized carbons (Fsp3) is 0.0667. The number of nitrogens with one attached hydrogen (secondary N) is 1. The molecule has 0 spiro atoms. The summed E-state index contributed by atoms with van der Waals surface area (Å²) in [5, 5.41) is 7.43. The predicted octanol–water partition coefficient (Wildman–Crippen LogP) is 2.70. The van der Waals surface area contributed by atoms with E-state index >= 15 is 0 Å². The van der Waals surface area contributed by atoms with Gasteiger partial charge in [0.1, 0.15) is 5.69 Å². The number of anilines is 1. The van der Waals surface area contributed by atoms with Crippen LogP contribution in [0.2, 0.25) is 0 Å². The number of hydrogen-bond donors (Lipinski definition) is 1. The zero-order valence-electron chi connectivity index (χ0n) is 12.4. The quantitative estimate of drug-likeness (QED) is 0.612. The summed E-state index contributed by atoms with van der Waals surface area (Å²) in [7, 11) is 0. The van der Waals surface area contributed by atoms with E-state index in [-0.39, 0.29) is 11.7 Å². The maximum Gasteiger partial charge on any atom is 0.316 e. The summed E-state index contributed by atoms with van der Waals surface area (Å²) in [5.74, 6) is -0.437. The molecule has 0 bridgehead atoms. The number of hydrogen-bond acceptors (Lipinski definition) is 8. The number of nitrogens with zero attached hydrogens (tertiary/aromatic N) is 5. The van der Waals surface area contributed by atoms with Crippen LogP contribution in [0, 0.1) is 6.92 Å². The smallest absolute Gasteiger partial charge is 0.316 e. The molecule has 0 saturated carbocycles. The maximum atomic E-state index is 12.2. The van der Waals surface area contributed by atoms with E-state index in [0.717, 1.165) is 15.2 Å². The molecule has 0 fully saturated rings. The lowest BCUT2D eigenvalue weighted by atomic mass is 10.3. The normalized spacial score (nSPS) is 10.9. The molecular weight excluding hydrogens is 328 g/mol. The molecule has 1 amide bonds. The molecule has 0 aliphatic rings. The SMILES string of the molecule is Cc1nc2cc(NC(=O)c3nc(-c4cnccn4)no3)ccc2s1. The van der Waals surface area contributed by atoms with Gasteiger partial charge in [-0.3, -0.25) is 9.78 Å². The Labute approximate surface area is 139 Å². The minimum absolute atomic E-state index is 0.148. The number of amides is 1. The van der Waals surface area contributed by atoms with Gasteiger partial charge in [0.05, 0.1) is 21.4 Å². The molecule has 0 radical (unpaired) electrons. The van der Waals surface area contributed by atoms with Crippen LogP contribution in [0.5, 0.6) is 0 Å². The second kappa shape index (κ2) is 5.78. The average molecular weight is 338 g/mol. The molecule has 3 aromatic heterocycles. The Bertz CT molecular complexity index is 1030. The van der Waals surface area contributed by atoms with Crippen LogP contribution in [0.1, 0.15) is 15.7 Å². The number of carbonyl (C=O) groups excluding carboxylic acids is 1. The third-order valence-electron chi connectivity index (χ3n) is 3.16. The van der Waals surface area contributed by atoms with Crippen LogP contribution >= 0.6 is 11.3 Å². The van der Waals surface area contributed by atoms with Crippen molar-refractivity contribution in [1.29, 1.82) is 0 Å². The molecule has 0 saturated heterocycles.